The monoisotopic (exact) mass is 293 g/mol. The number of para-hydroxylation sites is 1. The molecule has 1 unspecified atom stereocenters. The molecule has 1 fully saturated rings. The number of carbonyl (C=O) groups is 2. The molecule has 0 saturated heterocycles. The summed E-state index contributed by atoms with van der Waals surface area (Å²) in [5.41, 5.74) is -0.128. The Morgan fingerprint density at radius 2 is 1.81 bits per heavy atom. The Balaban J connectivity index is 2.14. The van der Waals surface area contributed by atoms with E-state index in [1.807, 2.05) is 0 Å². The highest BCUT2D eigenvalue weighted by Crippen LogP contribution is 2.30. The standard InChI is InChI=1S/C15H19NO5/c17-11-8-4-7-10(13(11)18)14(19)16-12(15(20)21)9-5-2-1-3-6-9/h4,7-9,12,17-18H,1-3,5-6H2,(H,16,19)(H,20,21). The first-order chi connectivity index (χ1) is 10.0. The zero-order valence-corrected chi connectivity index (χ0v) is 11.6. The van der Waals surface area contributed by atoms with Crippen LogP contribution in [0.4, 0.5) is 0 Å². The average Bonchev–Trinajstić information content (AvgIpc) is 2.48. The highest BCUT2D eigenvalue weighted by Gasteiger charge is 2.31. The number of carbonyl (C=O) groups excluding carboxylic acids is 1. The summed E-state index contributed by atoms with van der Waals surface area (Å²) in [5.74, 6) is -2.81. The Labute approximate surface area is 122 Å². The number of aromatic hydroxyl groups is 2. The number of carboxylic acid groups (broad SMARTS) is 1. The van der Waals surface area contributed by atoms with Crippen LogP contribution in [0.3, 0.4) is 0 Å². The van der Waals surface area contributed by atoms with Crippen LogP contribution in [0.15, 0.2) is 18.2 Å². The number of amides is 1. The van der Waals surface area contributed by atoms with Gasteiger partial charge in [0.05, 0.1) is 5.56 Å². The predicted molar refractivity (Wildman–Crippen MR) is 75.2 cm³/mol. The minimum absolute atomic E-state index is 0.0975. The van der Waals surface area contributed by atoms with E-state index in [9.17, 15) is 24.9 Å². The van der Waals surface area contributed by atoms with Crippen LogP contribution in [0.25, 0.3) is 0 Å². The fraction of sp³-hybridized carbons (Fsp3) is 0.467. The fourth-order valence-electron chi connectivity index (χ4n) is 2.78. The van der Waals surface area contributed by atoms with E-state index in [-0.39, 0.29) is 11.5 Å². The molecule has 0 bridgehead atoms. The third-order valence-corrected chi connectivity index (χ3v) is 3.93. The van der Waals surface area contributed by atoms with Crippen LogP contribution in [0.1, 0.15) is 42.5 Å². The molecule has 0 spiro atoms. The van der Waals surface area contributed by atoms with Crippen molar-refractivity contribution in [2.45, 2.75) is 38.1 Å². The Hall–Kier alpha value is -2.24. The van der Waals surface area contributed by atoms with Gasteiger partial charge >= 0.3 is 5.97 Å². The molecule has 4 N–H and O–H groups in total. The molecule has 2 rings (SSSR count). The lowest BCUT2D eigenvalue weighted by Gasteiger charge is -2.28. The van der Waals surface area contributed by atoms with Gasteiger partial charge in [-0.25, -0.2) is 4.79 Å². The summed E-state index contributed by atoms with van der Waals surface area (Å²) >= 11 is 0. The first kappa shape index (κ1) is 15.2. The molecule has 0 aliphatic heterocycles. The van der Waals surface area contributed by atoms with E-state index in [1.165, 1.54) is 18.2 Å². The lowest BCUT2D eigenvalue weighted by molar-refractivity contribution is -0.141. The Morgan fingerprint density at radius 1 is 1.14 bits per heavy atom. The van der Waals surface area contributed by atoms with Gasteiger partial charge in [-0.1, -0.05) is 25.3 Å². The van der Waals surface area contributed by atoms with Crippen LogP contribution in [-0.2, 0) is 4.79 Å². The van der Waals surface area contributed by atoms with Gasteiger partial charge in [-0.15, -0.1) is 0 Å². The molecule has 1 aliphatic carbocycles. The summed E-state index contributed by atoms with van der Waals surface area (Å²) < 4.78 is 0. The maximum Gasteiger partial charge on any atom is 0.326 e. The first-order valence-corrected chi connectivity index (χ1v) is 7.05. The highest BCUT2D eigenvalue weighted by atomic mass is 16.4. The minimum atomic E-state index is -1.07. The van der Waals surface area contributed by atoms with Crippen molar-refractivity contribution in [3.05, 3.63) is 23.8 Å². The number of hydrogen-bond acceptors (Lipinski definition) is 4. The summed E-state index contributed by atoms with van der Waals surface area (Å²) in [7, 11) is 0. The lowest BCUT2D eigenvalue weighted by atomic mass is 9.84. The Kier molecular flexibility index (Phi) is 4.67. The molecule has 114 valence electrons. The summed E-state index contributed by atoms with van der Waals surface area (Å²) in [6, 6.07) is 3.03. The van der Waals surface area contributed by atoms with E-state index < -0.39 is 29.4 Å². The maximum absolute atomic E-state index is 12.1. The van der Waals surface area contributed by atoms with E-state index in [0.717, 1.165) is 32.1 Å². The van der Waals surface area contributed by atoms with E-state index in [4.69, 9.17) is 0 Å². The van der Waals surface area contributed by atoms with Crippen LogP contribution < -0.4 is 5.32 Å². The van der Waals surface area contributed by atoms with Crippen LogP contribution in [0.5, 0.6) is 11.5 Å². The van der Waals surface area contributed by atoms with Gasteiger partial charge in [-0.3, -0.25) is 4.79 Å². The van der Waals surface area contributed by atoms with Gasteiger partial charge in [-0.2, -0.15) is 0 Å². The second-order valence-corrected chi connectivity index (χ2v) is 5.36. The van der Waals surface area contributed by atoms with Gasteiger partial charge in [0.1, 0.15) is 6.04 Å². The lowest BCUT2D eigenvalue weighted by Crippen LogP contribution is -2.46. The van der Waals surface area contributed by atoms with Gasteiger partial charge in [0.25, 0.3) is 5.91 Å². The normalized spacial score (nSPS) is 17.1. The van der Waals surface area contributed by atoms with Gasteiger partial charge in [0.15, 0.2) is 11.5 Å². The number of aliphatic carboxylic acids is 1. The number of carboxylic acids is 1. The van der Waals surface area contributed by atoms with Crippen molar-refractivity contribution in [3.8, 4) is 11.5 Å². The summed E-state index contributed by atoms with van der Waals surface area (Å²) in [4.78, 5) is 23.5. The zero-order valence-electron chi connectivity index (χ0n) is 11.6. The van der Waals surface area contributed by atoms with Crippen molar-refractivity contribution in [2.75, 3.05) is 0 Å². The maximum atomic E-state index is 12.1. The van der Waals surface area contributed by atoms with Crippen LogP contribution in [0.2, 0.25) is 0 Å². The van der Waals surface area contributed by atoms with Crippen molar-refractivity contribution in [3.63, 3.8) is 0 Å². The number of phenolic OH excluding ortho intramolecular Hbond substituents is 2. The fourth-order valence-corrected chi connectivity index (χ4v) is 2.78. The average molecular weight is 293 g/mol. The third kappa shape index (κ3) is 3.45. The third-order valence-electron chi connectivity index (χ3n) is 3.93. The second kappa shape index (κ2) is 6.47. The molecule has 1 amide bonds. The molecule has 1 saturated carbocycles. The SMILES string of the molecule is O=C(NC(C(=O)O)C1CCCCC1)c1cccc(O)c1O. The number of phenols is 2. The van der Waals surface area contributed by atoms with E-state index in [0.29, 0.717) is 0 Å². The molecule has 21 heavy (non-hydrogen) atoms. The second-order valence-electron chi connectivity index (χ2n) is 5.36. The largest absolute Gasteiger partial charge is 0.504 e. The van der Waals surface area contributed by atoms with E-state index in [2.05, 4.69) is 5.32 Å². The van der Waals surface area contributed by atoms with E-state index in [1.54, 1.807) is 0 Å². The van der Waals surface area contributed by atoms with Crippen LogP contribution >= 0.6 is 0 Å². The summed E-state index contributed by atoms with van der Waals surface area (Å²) in [6.45, 7) is 0. The van der Waals surface area contributed by atoms with Crippen LogP contribution in [0, 0.1) is 5.92 Å². The molecule has 1 aromatic rings. The molecule has 0 aromatic heterocycles. The Morgan fingerprint density at radius 3 is 2.43 bits per heavy atom. The molecule has 6 heteroatoms. The van der Waals surface area contributed by atoms with Crippen molar-refractivity contribution in [1.82, 2.24) is 5.32 Å². The van der Waals surface area contributed by atoms with E-state index >= 15 is 0 Å². The molecule has 1 aliphatic rings. The molecule has 0 radical (unpaired) electrons. The number of benzene rings is 1. The molecular formula is C15H19NO5. The topological polar surface area (TPSA) is 107 Å². The van der Waals surface area contributed by atoms with Gasteiger partial charge in [0, 0.05) is 0 Å². The number of rotatable bonds is 4. The minimum Gasteiger partial charge on any atom is -0.504 e. The first-order valence-electron chi connectivity index (χ1n) is 7.05. The highest BCUT2D eigenvalue weighted by molar-refractivity contribution is 5.99. The van der Waals surface area contributed by atoms with Crippen molar-refractivity contribution < 1.29 is 24.9 Å². The molecule has 1 atom stereocenters. The number of nitrogens with one attached hydrogen (secondary N) is 1. The number of hydrogen-bond donors (Lipinski definition) is 4. The summed E-state index contributed by atoms with van der Waals surface area (Å²) in [5, 5.41) is 30.8. The van der Waals surface area contributed by atoms with Gasteiger partial charge < -0.3 is 20.6 Å². The molecule has 1 aromatic carbocycles. The molecule has 0 heterocycles. The van der Waals surface area contributed by atoms with Gasteiger partial charge in [-0.05, 0) is 30.9 Å². The quantitative estimate of drug-likeness (QED) is 0.634. The zero-order chi connectivity index (χ0) is 15.4. The molecular weight excluding hydrogens is 274 g/mol. The van der Waals surface area contributed by atoms with Gasteiger partial charge in [0.2, 0.25) is 0 Å². The Bertz CT molecular complexity index is 537. The summed E-state index contributed by atoms with van der Waals surface area (Å²) in [6.07, 6.45) is 4.54. The van der Waals surface area contributed by atoms with Crippen LogP contribution in [-0.4, -0.2) is 33.2 Å². The van der Waals surface area contributed by atoms with Crippen molar-refractivity contribution in [1.29, 1.82) is 0 Å². The van der Waals surface area contributed by atoms with Crippen molar-refractivity contribution in [2.24, 2.45) is 5.92 Å². The molecule has 6 nitrogen and oxygen atoms in total. The predicted octanol–water partition coefficient (Wildman–Crippen LogP) is 1.86. The van der Waals surface area contributed by atoms with Crippen molar-refractivity contribution >= 4 is 11.9 Å². The smallest absolute Gasteiger partial charge is 0.326 e.